The van der Waals surface area contributed by atoms with Crippen LogP contribution in [0.4, 0.5) is 11.4 Å². The topological polar surface area (TPSA) is 70.7 Å². The molecule has 2 amide bonds. The van der Waals surface area contributed by atoms with E-state index in [0.29, 0.717) is 19.6 Å². The van der Waals surface area contributed by atoms with Gasteiger partial charge in [-0.1, -0.05) is 30.3 Å². The number of methoxy groups -OCH3 is 1. The Bertz CT molecular complexity index is 811. The number of aryl methyl sites for hydroxylation is 1. The molecule has 2 aromatic rings. The molecular weight excluding hydrogens is 390 g/mol. The molecule has 1 heterocycles. The van der Waals surface area contributed by atoms with Crippen molar-refractivity contribution < 1.29 is 14.3 Å². The van der Waals surface area contributed by atoms with Crippen LogP contribution in [0.5, 0.6) is 0 Å². The second-order valence-corrected chi connectivity index (χ2v) is 6.87. The molecule has 6 nitrogen and oxygen atoms in total. The Kier molecular flexibility index (Phi) is 9.12. The molecule has 0 spiro atoms. The first-order valence-corrected chi connectivity index (χ1v) is 9.64. The second-order valence-electron chi connectivity index (χ2n) is 6.87. The van der Waals surface area contributed by atoms with Crippen LogP contribution in [-0.2, 0) is 27.2 Å². The van der Waals surface area contributed by atoms with E-state index in [9.17, 15) is 9.59 Å². The normalized spacial score (nSPS) is 12.7. The summed E-state index contributed by atoms with van der Waals surface area (Å²) in [4.78, 5) is 26.6. The summed E-state index contributed by atoms with van der Waals surface area (Å²) in [7, 11) is 1.62. The minimum absolute atomic E-state index is 0. The number of ether oxygens (including phenoxy) is 1. The first-order valence-electron chi connectivity index (χ1n) is 9.64. The quantitative estimate of drug-likeness (QED) is 0.648. The molecule has 29 heavy (non-hydrogen) atoms. The molecule has 156 valence electrons. The van der Waals surface area contributed by atoms with Crippen molar-refractivity contribution in [1.29, 1.82) is 0 Å². The largest absolute Gasteiger partial charge is 0.383 e. The summed E-state index contributed by atoms with van der Waals surface area (Å²) in [5, 5.41) is 5.84. The monoisotopic (exact) mass is 417 g/mol. The Hall–Kier alpha value is -2.41. The van der Waals surface area contributed by atoms with Crippen LogP contribution in [0.3, 0.4) is 0 Å². The second kappa shape index (κ2) is 11.6. The molecule has 7 heteroatoms. The standard InChI is InChI=1S/C22H27N3O3.ClH/c1-28-14-12-23-16-21(26)24-19-10-8-17(9-11-19)15-22(27)25-13-4-6-18-5-2-3-7-20(18)25;/h2-3,5,7-11,23H,4,6,12-16H2,1H3,(H,24,26);1H. The highest BCUT2D eigenvalue weighted by molar-refractivity contribution is 5.96. The zero-order valence-corrected chi connectivity index (χ0v) is 17.5. The number of amides is 2. The third-order valence-corrected chi connectivity index (χ3v) is 4.77. The number of nitrogens with one attached hydrogen (secondary N) is 2. The van der Waals surface area contributed by atoms with Crippen LogP contribution in [0.1, 0.15) is 17.5 Å². The number of nitrogens with zero attached hydrogens (tertiary/aromatic N) is 1. The van der Waals surface area contributed by atoms with Crippen molar-refractivity contribution >= 4 is 35.6 Å². The highest BCUT2D eigenvalue weighted by Crippen LogP contribution is 2.27. The van der Waals surface area contributed by atoms with Crippen molar-refractivity contribution in [2.24, 2.45) is 0 Å². The van der Waals surface area contributed by atoms with Gasteiger partial charge in [-0.05, 0) is 42.2 Å². The average Bonchev–Trinajstić information content (AvgIpc) is 2.72. The number of rotatable bonds is 8. The lowest BCUT2D eigenvalue weighted by molar-refractivity contribution is -0.118. The summed E-state index contributed by atoms with van der Waals surface area (Å²) in [5.41, 5.74) is 3.92. The molecular formula is C22H28ClN3O3. The molecule has 2 aromatic carbocycles. The molecule has 0 atom stereocenters. The summed E-state index contributed by atoms with van der Waals surface area (Å²) in [5.74, 6) is -0.00358. The van der Waals surface area contributed by atoms with E-state index in [1.165, 1.54) is 5.56 Å². The van der Waals surface area contributed by atoms with Gasteiger partial charge in [0.15, 0.2) is 0 Å². The van der Waals surface area contributed by atoms with Gasteiger partial charge in [-0.2, -0.15) is 0 Å². The van der Waals surface area contributed by atoms with E-state index in [0.717, 1.165) is 36.3 Å². The lowest BCUT2D eigenvalue weighted by Crippen LogP contribution is -2.36. The van der Waals surface area contributed by atoms with E-state index < -0.39 is 0 Å². The van der Waals surface area contributed by atoms with Crippen LogP contribution in [0.15, 0.2) is 48.5 Å². The molecule has 0 radical (unpaired) electrons. The van der Waals surface area contributed by atoms with Gasteiger partial charge in [-0.15, -0.1) is 12.4 Å². The maximum Gasteiger partial charge on any atom is 0.238 e. The molecule has 0 unspecified atom stereocenters. The van der Waals surface area contributed by atoms with E-state index in [1.54, 1.807) is 7.11 Å². The molecule has 1 aliphatic heterocycles. The summed E-state index contributed by atoms with van der Waals surface area (Å²) in [6.45, 7) is 2.19. The van der Waals surface area contributed by atoms with Gasteiger partial charge in [0.1, 0.15) is 0 Å². The van der Waals surface area contributed by atoms with Crippen LogP contribution in [0.25, 0.3) is 0 Å². The van der Waals surface area contributed by atoms with Gasteiger partial charge >= 0.3 is 0 Å². The molecule has 0 bridgehead atoms. The van der Waals surface area contributed by atoms with E-state index in [2.05, 4.69) is 16.7 Å². The fourth-order valence-electron chi connectivity index (χ4n) is 3.35. The van der Waals surface area contributed by atoms with Crippen LogP contribution in [-0.4, -0.2) is 45.2 Å². The van der Waals surface area contributed by atoms with Gasteiger partial charge in [0.2, 0.25) is 11.8 Å². The first-order chi connectivity index (χ1) is 13.7. The van der Waals surface area contributed by atoms with Crippen molar-refractivity contribution in [3.05, 3.63) is 59.7 Å². The Labute approximate surface area is 178 Å². The highest BCUT2D eigenvalue weighted by atomic mass is 35.5. The van der Waals surface area contributed by atoms with Crippen molar-refractivity contribution in [3.8, 4) is 0 Å². The van der Waals surface area contributed by atoms with Crippen LogP contribution in [0.2, 0.25) is 0 Å². The Balaban J connectivity index is 0.00000300. The van der Waals surface area contributed by atoms with Crippen LogP contribution < -0.4 is 15.5 Å². The lowest BCUT2D eigenvalue weighted by Gasteiger charge is -2.29. The van der Waals surface area contributed by atoms with E-state index in [1.807, 2.05) is 47.4 Å². The lowest BCUT2D eigenvalue weighted by atomic mass is 10.0. The number of anilines is 2. The van der Waals surface area contributed by atoms with Crippen molar-refractivity contribution in [1.82, 2.24) is 5.32 Å². The van der Waals surface area contributed by atoms with Crippen LogP contribution >= 0.6 is 12.4 Å². The summed E-state index contributed by atoms with van der Waals surface area (Å²) < 4.78 is 4.92. The number of carbonyl (C=O) groups excluding carboxylic acids is 2. The van der Waals surface area contributed by atoms with Crippen molar-refractivity contribution in [2.45, 2.75) is 19.3 Å². The predicted molar refractivity (Wildman–Crippen MR) is 118 cm³/mol. The molecule has 0 aliphatic carbocycles. The zero-order valence-electron chi connectivity index (χ0n) is 16.6. The zero-order chi connectivity index (χ0) is 19.8. The van der Waals surface area contributed by atoms with Gasteiger partial charge in [0, 0.05) is 31.6 Å². The predicted octanol–water partition coefficient (Wildman–Crippen LogP) is 2.80. The fourth-order valence-corrected chi connectivity index (χ4v) is 3.35. The Morgan fingerprint density at radius 1 is 1.10 bits per heavy atom. The molecule has 1 aliphatic rings. The summed E-state index contributed by atoms with van der Waals surface area (Å²) >= 11 is 0. The molecule has 0 saturated carbocycles. The molecule has 0 saturated heterocycles. The number of fused-ring (bicyclic) bond motifs is 1. The maximum atomic E-state index is 12.8. The maximum absolute atomic E-state index is 12.8. The summed E-state index contributed by atoms with van der Waals surface area (Å²) in [6, 6.07) is 15.6. The van der Waals surface area contributed by atoms with Gasteiger partial charge in [-0.25, -0.2) is 0 Å². The number of benzene rings is 2. The molecule has 2 N–H and O–H groups in total. The number of hydrogen-bond donors (Lipinski definition) is 2. The van der Waals surface area contributed by atoms with Gasteiger partial charge in [0.05, 0.1) is 19.6 Å². The third-order valence-electron chi connectivity index (χ3n) is 4.77. The third kappa shape index (κ3) is 6.56. The summed E-state index contributed by atoms with van der Waals surface area (Å²) in [6.07, 6.45) is 2.36. The minimum Gasteiger partial charge on any atom is -0.383 e. The number of carbonyl (C=O) groups is 2. The molecule has 0 fully saturated rings. The molecule has 0 aromatic heterocycles. The van der Waals surface area contributed by atoms with E-state index in [-0.39, 0.29) is 30.8 Å². The van der Waals surface area contributed by atoms with Crippen LogP contribution in [0, 0.1) is 0 Å². The van der Waals surface area contributed by atoms with Crippen molar-refractivity contribution in [3.63, 3.8) is 0 Å². The van der Waals surface area contributed by atoms with Crippen molar-refractivity contribution in [2.75, 3.05) is 43.6 Å². The first kappa shape index (κ1) is 22.9. The highest BCUT2D eigenvalue weighted by Gasteiger charge is 2.22. The minimum atomic E-state index is -0.107. The fraction of sp³-hybridized carbons (Fsp3) is 0.364. The number of hydrogen-bond acceptors (Lipinski definition) is 4. The van der Waals surface area contributed by atoms with Gasteiger partial charge in [-0.3, -0.25) is 9.59 Å². The Morgan fingerprint density at radius 3 is 2.62 bits per heavy atom. The Morgan fingerprint density at radius 2 is 1.86 bits per heavy atom. The van der Waals surface area contributed by atoms with E-state index >= 15 is 0 Å². The molecule has 3 rings (SSSR count). The van der Waals surface area contributed by atoms with Gasteiger partial charge < -0.3 is 20.3 Å². The number of para-hydroxylation sites is 1. The SMILES string of the molecule is COCCNCC(=O)Nc1ccc(CC(=O)N2CCCc3ccccc32)cc1.Cl. The van der Waals surface area contributed by atoms with Gasteiger partial charge in [0.25, 0.3) is 0 Å². The smallest absolute Gasteiger partial charge is 0.238 e. The van der Waals surface area contributed by atoms with E-state index in [4.69, 9.17) is 4.74 Å². The number of halogens is 1. The average molecular weight is 418 g/mol.